The smallest absolute Gasteiger partial charge is 0.171 e. The minimum Gasteiger partial charge on any atom is -0.507 e. The molecule has 0 saturated carbocycles. The highest BCUT2D eigenvalue weighted by molar-refractivity contribution is 8.00. The average Bonchev–Trinajstić information content (AvgIpc) is 2.88. The first-order valence-corrected chi connectivity index (χ1v) is 17.2. The molecule has 0 fully saturated rings. The van der Waals surface area contributed by atoms with Crippen molar-refractivity contribution in [2.45, 2.75) is 143 Å². The SMILES string of the molecule is CC(C)(C)c1cc(CCC(O)C(=O)CSCC(=O)C(O)CCc2cc(C(C)(C)C)c(O)c(C(C)(C)C)c2)cc(C(C)(C)C)c1O. The fourth-order valence-electron chi connectivity index (χ4n) is 5.34. The van der Waals surface area contributed by atoms with E-state index in [4.69, 9.17) is 0 Å². The third-order valence-electron chi connectivity index (χ3n) is 8.22. The van der Waals surface area contributed by atoms with Gasteiger partial charge in [-0.15, -0.1) is 11.8 Å². The van der Waals surface area contributed by atoms with Gasteiger partial charge < -0.3 is 20.4 Å². The van der Waals surface area contributed by atoms with Crippen LogP contribution >= 0.6 is 11.8 Å². The van der Waals surface area contributed by atoms with Gasteiger partial charge in [0.1, 0.15) is 23.7 Å². The van der Waals surface area contributed by atoms with Gasteiger partial charge in [0.2, 0.25) is 0 Å². The Morgan fingerprint density at radius 3 is 1.02 bits per heavy atom. The van der Waals surface area contributed by atoms with E-state index in [0.717, 1.165) is 45.1 Å². The lowest BCUT2D eigenvalue weighted by Gasteiger charge is -2.28. The number of aryl methyl sites for hydroxylation is 2. The van der Waals surface area contributed by atoms with Crippen LogP contribution in [0.1, 0.15) is 129 Å². The van der Waals surface area contributed by atoms with E-state index >= 15 is 0 Å². The first-order chi connectivity index (χ1) is 20.3. The highest BCUT2D eigenvalue weighted by Gasteiger charge is 2.28. The van der Waals surface area contributed by atoms with Crippen LogP contribution in [0.5, 0.6) is 11.5 Å². The predicted octanol–water partition coefficient (Wildman–Crippen LogP) is 7.45. The molecule has 252 valence electrons. The summed E-state index contributed by atoms with van der Waals surface area (Å²) in [5.41, 5.74) is 4.21. The van der Waals surface area contributed by atoms with E-state index < -0.39 is 12.2 Å². The molecule has 0 radical (unpaired) electrons. The van der Waals surface area contributed by atoms with E-state index in [1.54, 1.807) is 0 Å². The van der Waals surface area contributed by atoms with Crippen molar-refractivity contribution in [3.63, 3.8) is 0 Å². The van der Waals surface area contributed by atoms with Crippen LogP contribution in [0.4, 0.5) is 0 Å². The van der Waals surface area contributed by atoms with Crippen LogP contribution in [-0.2, 0) is 44.1 Å². The normalized spacial score (nSPS) is 14.4. The highest BCUT2D eigenvalue weighted by atomic mass is 32.2. The molecule has 0 amide bonds. The molecule has 45 heavy (non-hydrogen) atoms. The Labute approximate surface area is 276 Å². The number of hydrogen-bond donors (Lipinski definition) is 4. The number of Topliss-reactive ketones (excluding diaryl/α,β-unsaturated/α-hetero) is 2. The second-order valence-electron chi connectivity index (χ2n) is 16.6. The zero-order valence-electron chi connectivity index (χ0n) is 29.7. The fourth-order valence-corrected chi connectivity index (χ4v) is 6.23. The second-order valence-corrected chi connectivity index (χ2v) is 17.6. The lowest BCUT2D eigenvalue weighted by atomic mass is 9.78. The largest absolute Gasteiger partial charge is 0.507 e. The van der Waals surface area contributed by atoms with Gasteiger partial charge in [0, 0.05) is 0 Å². The van der Waals surface area contributed by atoms with Crippen LogP contribution in [0.25, 0.3) is 0 Å². The van der Waals surface area contributed by atoms with Crippen molar-refractivity contribution in [3.05, 3.63) is 57.6 Å². The van der Waals surface area contributed by atoms with Crippen LogP contribution in [0.2, 0.25) is 0 Å². The summed E-state index contributed by atoms with van der Waals surface area (Å²) in [7, 11) is 0. The third kappa shape index (κ3) is 10.9. The summed E-state index contributed by atoms with van der Waals surface area (Å²) in [5, 5.41) is 43.1. The molecule has 2 atom stereocenters. The van der Waals surface area contributed by atoms with Crippen molar-refractivity contribution >= 4 is 23.3 Å². The molecule has 0 heterocycles. The van der Waals surface area contributed by atoms with Gasteiger partial charge in [0.05, 0.1) is 11.5 Å². The maximum absolute atomic E-state index is 12.7. The Hall–Kier alpha value is -2.35. The summed E-state index contributed by atoms with van der Waals surface area (Å²) in [6, 6.07) is 7.84. The van der Waals surface area contributed by atoms with Crippen LogP contribution in [0, 0.1) is 0 Å². The van der Waals surface area contributed by atoms with E-state index in [9.17, 15) is 30.0 Å². The number of ketones is 2. The standard InChI is InChI=1S/C38H58O6S/c1-35(2,3)25-17-23(18-26(33(25)43)36(4,5)6)13-15-29(39)31(41)21-45-22-32(42)30(40)16-14-24-19-27(37(7,8)9)34(44)28(20-24)38(10,11)12/h17-20,29-30,39-40,43-44H,13-16,21-22H2,1-12H3. The highest BCUT2D eigenvalue weighted by Crippen LogP contribution is 2.41. The molecule has 0 bridgehead atoms. The molecule has 2 aromatic carbocycles. The van der Waals surface area contributed by atoms with E-state index in [1.165, 1.54) is 0 Å². The molecular weight excluding hydrogens is 584 g/mol. The number of thioether (sulfide) groups is 1. The fraction of sp³-hybridized carbons (Fsp3) is 0.632. The van der Waals surface area contributed by atoms with Gasteiger partial charge in [-0.05, 0) is 80.7 Å². The van der Waals surface area contributed by atoms with Gasteiger partial charge in [0.15, 0.2) is 11.6 Å². The summed E-state index contributed by atoms with van der Waals surface area (Å²) in [6.45, 7) is 24.6. The molecule has 0 aliphatic heterocycles. The lowest BCUT2D eigenvalue weighted by molar-refractivity contribution is -0.124. The van der Waals surface area contributed by atoms with Crippen LogP contribution in [-0.4, -0.2) is 55.7 Å². The van der Waals surface area contributed by atoms with Gasteiger partial charge in [0.25, 0.3) is 0 Å². The maximum Gasteiger partial charge on any atom is 0.171 e. The van der Waals surface area contributed by atoms with E-state index in [2.05, 4.69) is 0 Å². The second kappa shape index (κ2) is 14.6. The number of phenols is 2. The van der Waals surface area contributed by atoms with Gasteiger partial charge in [-0.3, -0.25) is 9.59 Å². The Morgan fingerprint density at radius 1 is 0.556 bits per heavy atom. The van der Waals surface area contributed by atoms with Gasteiger partial charge in [-0.1, -0.05) is 107 Å². The van der Waals surface area contributed by atoms with Gasteiger partial charge >= 0.3 is 0 Å². The van der Waals surface area contributed by atoms with E-state index in [-0.39, 0.29) is 57.6 Å². The quantitative estimate of drug-likeness (QED) is 0.190. The first-order valence-electron chi connectivity index (χ1n) is 16.1. The zero-order chi connectivity index (χ0) is 34.7. The number of hydrogen-bond acceptors (Lipinski definition) is 7. The number of carbonyl (C=O) groups excluding carboxylic acids is 2. The molecule has 0 aliphatic carbocycles. The van der Waals surface area contributed by atoms with Gasteiger partial charge in [-0.2, -0.15) is 0 Å². The molecule has 2 rings (SSSR count). The Balaban J connectivity index is 1.96. The van der Waals surface area contributed by atoms with Crippen molar-refractivity contribution < 1.29 is 30.0 Å². The van der Waals surface area contributed by atoms with Crippen LogP contribution in [0.3, 0.4) is 0 Å². The molecule has 2 aromatic rings. The summed E-state index contributed by atoms with van der Waals surface area (Å²) >= 11 is 1.11. The Kier molecular flexibility index (Phi) is 12.6. The molecular formula is C38H58O6S. The molecule has 7 heteroatoms. The molecule has 6 nitrogen and oxygen atoms in total. The number of benzene rings is 2. The third-order valence-corrected chi connectivity index (χ3v) is 9.19. The summed E-state index contributed by atoms with van der Waals surface area (Å²) < 4.78 is 0. The topological polar surface area (TPSA) is 115 Å². The Morgan fingerprint density at radius 2 is 0.800 bits per heavy atom. The van der Waals surface area contributed by atoms with Crippen molar-refractivity contribution in [1.29, 1.82) is 0 Å². The van der Waals surface area contributed by atoms with E-state index in [1.807, 2.05) is 107 Å². The van der Waals surface area contributed by atoms with Crippen molar-refractivity contribution in [3.8, 4) is 11.5 Å². The molecule has 0 saturated heterocycles. The number of rotatable bonds is 12. The van der Waals surface area contributed by atoms with Crippen molar-refractivity contribution in [1.82, 2.24) is 0 Å². The lowest BCUT2D eigenvalue weighted by Crippen LogP contribution is -2.26. The molecule has 2 unspecified atom stereocenters. The summed E-state index contributed by atoms with van der Waals surface area (Å²) in [5.74, 6) is -0.130. The van der Waals surface area contributed by atoms with Crippen molar-refractivity contribution in [2.24, 2.45) is 0 Å². The van der Waals surface area contributed by atoms with Crippen LogP contribution in [0.15, 0.2) is 24.3 Å². The number of aliphatic hydroxyl groups is 2. The zero-order valence-corrected chi connectivity index (χ0v) is 30.5. The number of phenolic OH excluding ortho intramolecular Hbond substituents is 2. The van der Waals surface area contributed by atoms with Gasteiger partial charge in [-0.25, -0.2) is 0 Å². The molecule has 0 aliphatic rings. The van der Waals surface area contributed by atoms with E-state index in [0.29, 0.717) is 24.3 Å². The first kappa shape index (κ1) is 38.8. The summed E-state index contributed by atoms with van der Waals surface area (Å²) in [4.78, 5) is 25.4. The minimum atomic E-state index is -1.16. The summed E-state index contributed by atoms with van der Waals surface area (Å²) in [6.07, 6.45) is -0.877. The maximum atomic E-state index is 12.7. The predicted molar refractivity (Wildman–Crippen MR) is 187 cm³/mol. The molecule has 0 aromatic heterocycles. The molecule has 0 spiro atoms. The monoisotopic (exact) mass is 642 g/mol. The molecule has 4 N–H and O–H groups in total. The van der Waals surface area contributed by atoms with Crippen LogP contribution < -0.4 is 0 Å². The van der Waals surface area contributed by atoms with Crippen molar-refractivity contribution in [2.75, 3.05) is 11.5 Å². The number of aliphatic hydroxyl groups excluding tert-OH is 2. The minimum absolute atomic E-state index is 0.0163. The Bertz CT molecular complexity index is 1170. The number of aromatic hydroxyl groups is 2. The average molecular weight is 643 g/mol. The number of carbonyl (C=O) groups is 2.